The second-order valence-electron chi connectivity index (χ2n) is 8.23. The number of hydrogen-bond donors (Lipinski definition) is 1. The molecule has 21 heavy (non-hydrogen) atoms. The first-order valence-electron chi connectivity index (χ1n) is 8.22. The van der Waals surface area contributed by atoms with Crippen LogP contribution in [-0.2, 0) is 4.79 Å². The molecule has 1 aliphatic heterocycles. The molecule has 3 nitrogen and oxygen atoms in total. The highest BCUT2D eigenvalue weighted by Gasteiger charge is 2.24. The summed E-state index contributed by atoms with van der Waals surface area (Å²) in [6.07, 6.45) is 2.50. The molecule has 0 spiro atoms. The zero-order valence-corrected chi connectivity index (χ0v) is 15.6. The first-order valence-corrected chi connectivity index (χ1v) is 9.21. The minimum atomic E-state index is -0.280. The van der Waals surface area contributed by atoms with E-state index in [0.29, 0.717) is 10.7 Å². The van der Waals surface area contributed by atoms with Crippen molar-refractivity contribution in [3.8, 4) is 0 Å². The maximum atomic E-state index is 11.9. The number of amides is 1. The molecular weight excluding hydrogens is 280 g/mol. The molecule has 0 radical (unpaired) electrons. The highest BCUT2D eigenvalue weighted by atomic mass is 32.2. The second kappa shape index (κ2) is 7.87. The van der Waals surface area contributed by atoms with Crippen molar-refractivity contribution in [2.24, 2.45) is 11.3 Å². The van der Waals surface area contributed by atoms with Crippen LogP contribution in [0.1, 0.15) is 54.4 Å². The molecule has 1 unspecified atom stereocenters. The number of likely N-dealkylation sites (tertiary alicyclic amines) is 1. The fourth-order valence-electron chi connectivity index (χ4n) is 2.50. The minimum absolute atomic E-state index is 0.169. The van der Waals surface area contributed by atoms with Crippen molar-refractivity contribution in [1.82, 2.24) is 10.2 Å². The predicted molar refractivity (Wildman–Crippen MR) is 93.8 cm³/mol. The van der Waals surface area contributed by atoms with E-state index in [2.05, 4.69) is 31.0 Å². The molecule has 1 fully saturated rings. The van der Waals surface area contributed by atoms with E-state index in [0.717, 1.165) is 13.1 Å². The normalized spacial score (nSPS) is 21.3. The molecule has 1 rings (SSSR count). The van der Waals surface area contributed by atoms with Crippen molar-refractivity contribution in [3.63, 3.8) is 0 Å². The van der Waals surface area contributed by atoms with Crippen LogP contribution in [0.5, 0.6) is 0 Å². The van der Waals surface area contributed by atoms with E-state index in [1.54, 1.807) is 0 Å². The van der Waals surface area contributed by atoms with Crippen LogP contribution in [0.2, 0.25) is 0 Å². The van der Waals surface area contributed by atoms with Crippen molar-refractivity contribution in [1.29, 1.82) is 0 Å². The number of nitrogens with one attached hydrogen (secondary N) is 1. The summed E-state index contributed by atoms with van der Waals surface area (Å²) in [5, 5.41) is 3.12. The molecule has 0 saturated carbocycles. The molecule has 0 aromatic rings. The smallest absolute Gasteiger partial charge is 0.225 e. The first kappa shape index (κ1) is 18.8. The third kappa shape index (κ3) is 8.10. The number of thioether (sulfide) groups is 1. The Morgan fingerprint density at radius 1 is 1.24 bits per heavy atom. The van der Waals surface area contributed by atoms with Gasteiger partial charge in [0.25, 0.3) is 0 Å². The SMILES string of the molecule is CC(C)(C)SCCN1CCCC(CNC(=O)C(C)(C)C)C1. The fourth-order valence-corrected chi connectivity index (χ4v) is 3.47. The summed E-state index contributed by atoms with van der Waals surface area (Å²) < 4.78 is 0.357. The molecule has 1 amide bonds. The number of hydrogen-bond acceptors (Lipinski definition) is 3. The van der Waals surface area contributed by atoms with Crippen LogP contribution in [0.15, 0.2) is 0 Å². The van der Waals surface area contributed by atoms with Gasteiger partial charge in [-0.1, -0.05) is 41.5 Å². The number of nitrogens with zero attached hydrogens (tertiary/aromatic N) is 1. The van der Waals surface area contributed by atoms with Gasteiger partial charge in [0.1, 0.15) is 0 Å². The molecule has 0 aromatic carbocycles. The quantitative estimate of drug-likeness (QED) is 0.844. The van der Waals surface area contributed by atoms with Crippen molar-refractivity contribution in [2.75, 3.05) is 31.9 Å². The Morgan fingerprint density at radius 2 is 1.90 bits per heavy atom. The molecule has 1 aliphatic rings. The number of carbonyl (C=O) groups excluding carboxylic acids is 1. The largest absolute Gasteiger partial charge is 0.355 e. The van der Waals surface area contributed by atoms with Gasteiger partial charge in [-0.25, -0.2) is 0 Å². The Balaban J connectivity index is 2.27. The van der Waals surface area contributed by atoms with E-state index in [1.807, 2.05) is 32.5 Å². The molecule has 0 aromatic heterocycles. The molecule has 0 aliphatic carbocycles. The lowest BCUT2D eigenvalue weighted by molar-refractivity contribution is -0.128. The Kier molecular flexibility index (Phi) is 7.05. The van der Waals surface area contributed by atoms with Crippen LogP contribution >= 0.6 is 11.8 Å². The molecular formula is C17H34N2OS. The maximum absolute atomic E-state index is 11.9. The summed E-state index contributed by atoms with van der Waals surface area (Å²) >= 11 is 2.04. The van der Waals surface area contributed by atoms with Gasteiger partial charge in [-0.2, -0.15) is 11.8 Å². The van der Waals surface area contributed by atoms with Crippen LogP contribution in [0.25, 0.3) is 0 Å². The van der Waals surface area contributed by atoms with Crippen LogP contribution in [0.4, 0.5) is 0 Å². The molecule has 1 saturated heterocycles. The van der Waals surface area contributed by atoms with Gasteiger partial charge in [-0.05, 0) is 25.3 Å². The monoisotopic (exact) mass is 314 g/mol. The van der Waals surface area contributed by atoms with Gasteiger partial charge in [0, 0.05) is 35.5 Å². The van der Waals surface area contributed by atoms with E-state index < -0.39 is 0 Å². The van der Waals surface area contributed by atoms with Crippen LogP contribution in [-0.4, -0.2) is 47.5 Å². The van der Waals surface area contributed by atoms with E-state index in [1.165, 1.54) is 31.7 Å². The van der Waals surface area contributed by atoms with Crippen molar-refractivity contribution < 1.29 is 4.79 Å². The summed E-state index contributed by atoms with van der Waals surface area (Å²) in [4.78, 5) is 14.5. The molecule has 1 atom stereocenters. The van der Waals surface area contributed by atoms with E-state index in [9.17, 15) is 4.79 Å². The van der Waals surface area contributed by atoms with Gasteiger partial charge >= 0.3 is 0 Å². The zero-order chi connectivity index (χ0) is 16.1. The Morgan fingerprint density at radius 3 is 2.48 bits per heavy atom. The molecule has 124 valence electrons. The Labute approximate surface area is 135 Å². The average Bonchev–Trinajstić information content (AvgIpc) is 2.33. The van der Waals surface area contributed by atoms with Gasteiger partial charge in [0.15, 0.2) is 0 Å². The molecule has 0 bridgehead atoms. The number of rotatable bonds is 5. The standard InChI is InChI=1S/C17H34N2OS/c1-16(2,3)15(20)18-12-14-8-7-9-19(13-14)10-11-21-17(4,5)6/h14H,7-13H2,1-6H3,(H,18,20). The lowest BCUT2D eigenvalue weighted by Gasteiger charge is -2.33. The van der Waals surface area contributed by atoms with Gasteiger partial charge < -0.3 is 10.2 Å². The summed E-state index contributed by atoms with van der Waals surface area (Å²) in [6.45, 7) is 17.1. The second-order valence-corrected chi connectivity index (χ2v) is 10.2. The lowest BCUT2D eigenvalue weighted by atomic mass is 9.94. The Hall–Kier alpha value is -0.220. The summed E-state index contributed by atoms with van der Waals surface area (Å²) in [7, 11) is 0. The summed E-state index contributed by atoms with van der Waals surface area (Å²) in [5.41, 5.74) is -0.280. The first-order chi connectivity index (χ1) is 9.58. The van der Waals surface area contributed by atoms with Crippen molar-refractivity contribution in [2.45, 2.75) is 59.1 Å². The minimum Gasteiger partial charge on any atom is -0.355 e. The number of piperidine rings is 1. The third-order valence-corrected chi connectivity index (χ3v) is 5.03. The van der Waals surface area contributed by atoms with Gasteiger partial charge in [0.2, 0.25) is 5.91 Å². The average molecular weight is 315 g/mol. The van der Waals surface area contributed by atoms with Crippen LogP contribution in [0.3, 0.4) is 0 Å². The van der Waals surface area contributed by atoms with E-state index in [-0.39, 0.29) is 11.3 Å². The van der Waals surface area contributed by atoms with Gasteiger partial charge in [-0.3, -0.25) is 4.79 Å². The van der Waals surface area contributed by atoms with E-state index >= 15 is 0 Å². The third-order valence-electron chi connectivity index (χ3n) is 3.78. The molecule has 1 N–H and O–H groups in total. The van der Waals surface area contributed by atoms with Crippen LogP contribution < -0.4 is 5.32 Å². The highest BCUT2D eigenvalue weighted by molar-refractivity contribution is 8.00. The predicted octanol–water partition coefficient (Wildman–Crippen LogP) is 3.39. The van der Waals surface area contributed by atoms with Crippen molar-refractivity contribution in [3.05, 3.63) is 0 Å². The van der Waals surface area contributed by atoms with Gasteiger partial charge in [-0.15, -0.1) is 0 Å². The summed E-state index contributed by atoms with van der Waals surface area (Å²) in [5.74, 6) is 1.98. The topological polar surface area (TPSA) is 32.3 Å². The lowest BCUT2D eigenvalue weighted by Crippen LogP contribution is -2.44. The molecule has 4 heteroatoms. The van der Waals surface area contributed by atoms with Crippen molar-refractivity contribution >= 4 is 17.7 Å². The maximum Gasteiger partial charge on any atom is 0.225 e. The number of carbonyl (C=O) groups is 1. The zero-order valence-electron chi connectivity index (χ0n) is 14.8. The van der Waals surface area contributed by atoms with Crippen LogP contribution in [0, 0.1) is 11.3 Å². The fraction of sp³-hybridized carbons (Fsp3) is 0.941. The van der Waals surface area contributed by atoms with E-state index in [4.69, 9.17) is 0 Å². The summed E-state index contributed by atoms with van der Waals surface area (Å²) in [6, 6.07) is 0. The Bertz CT molecular complexity index is 331. The molecule has 1 heterocycles. The highest BCUT2D eigenvalue weighted by Crippen LogP contribution is 2.24. The van der Waals surface area contributed by atoms with Gasteiger partial charge in [0.05, 0.1) is 0 Å².